The van der Waals surface area contributed by atoms with E-state index in [4.69, 9.17) is 5.11 Å². The molecule has 0 unspecified atom stereocenters. The van der Waals surface area contributed by atoms with Gasteiger partial charge in [-0.3, -0.25) is 4.79 Å². The molecule has 3 N–H and O–H groups in total. The lowest BCUT2D eigenvalue weighted by Crippen LogP contribution is -2.49. The first-order valence-corrected chi connectivity index (χ1v) is 5.24. The van der Waals surface area contributed by atoms with Crippen molar-refractivity contribution in [1.29, 1.82) is 0 Å². The largest absolute Gasteiger partial charge is 0.480 e. The maximum atomic E-state index is 11.4. The first-order chi connectivity index (χ1) is 7.86. The van der Waals surface area contributed by atoms with Gasteiger partial charge in [0.15, 0.2) is 0 Å². The summed E-state index contributed by atoms with van der Waals surface area (Å²) in [4.78, 5) is 33.2. The van der Waals surface area contributed by atoms with Crippen LogP contribution in [-0.4, -0.2) is 41.8 Å². The fraction of sp³-hybridized carbons (Fsp3) is 0.700. The Hall–Kier alpha value is -1.79. The average Bonchev–Trinajstić information content (AvgIpc) is 2.94. The van der Waals surface area contributed by atoms with Gasteiger partial charge in [0.1, 0.15) is 6.04 Å². The van der Waals surface area contributed by atoms with Crippen molar-refractivity contribution in [2.75, 3.05) is 7.11 Å². The molecular weight excluding hydrogens is 228 g/mol. The number of methoxy groups -OCH3 is 1. The number of rotatable bonds is 5. The van der Waals surface area contributed by atoms with E-state index in [-0.39, 0.29) is 5.54 Å². The third-order valence-electron chi connectivity index (χ3n) is 2.62. The highest BCUT2D eigenvalue weighted by molar-refractivity contribution is 5.86. The molecule has 0 spiro atoms. The molecule has 0 saturated heterocycles. The van der Waals surface area contributed by atoms with E-state index >= 15 is 0 Å². The highest BCUT2D eigenvalue weighted by Gasteiger charge is 2.39. The van der Waals surface area contributed by atoms with Crippen molar-refractivity contribution in [3.63, 3.8) is 0 Å². The first-order valence-electron chi connectivity index (χ1n) is 5.24. The molecule has 17 heavy (non-hydrogen) atoms. The molecule has 7 nitrogen and oxygen atoms in total. The SMILES string of the molecule is COC(=O)C[C@H](NC(=O)NC1(C)CC1)C(=O)O. The molecule has 0 aliphatic heterocycles. The molecule has 0 aromatic carbocycles. The third-order valence-corrected chi connectivity index (χ3v) is 2.62. The lowest BCUT2D eigenvalue weighted by atomic mass is 10.2. The van der Waals surface area contributed by atoms with Crippen molar-refractivity contribution in [3.8, 4) is 0 Å². The van der Waals surface area contributed by atoms with Crippen molar-refractivity contribution in [2.45, 2.75) is 37.8 Å². The number of ether oxygens (including phenoxy) is 1. The standard InChI is InChI=1S/C10H16N2O5/c1-10(3-4-10)12-9(16)11-6(8(14)15)5-7(13)17-2/h6H,3-5H2,1-2H3,(H,14,15)(H2,11,12,16)/t6-/m0/s1. The number of carboxylic acids is 1. The number of urea groups is 1. The zero-order valence-electron chi connectivity index (χ0n) is 9.78. The normalized spacial score (nSPS) is 17.8. The Morgan fingerprint density at radius 1 is 1.41 bits per heavy atom. The third kappa shape index (κ3) is 4.29. The lowest BCUT2D eigenvalue weighted by molar-refractivity contribution is -0.147. The van der Waals surface area contributed by atoms with Crippen LogP contribution in [0, 0.1) is 0 Å². The van der Waals surface area contributed by atoms with E-state index < -0.39 is 30.4 Å². The number of carbonyl (C=O) groups excluding carboxylic acids is 2. The molecule has 96 valence electrons. The Bertz CT molecular complexity index is 338. The highest BCUT2D eigenvalue weighted by Crippen LogP contribution is 2.33. The average molecular weight is 244 g/mol. The molecule has 1 rings (SSSR count). The number of hydrogen-bond acceptors (Lipinski definition) is 4. The second-order valence-electron chi connectivity index (χ2n) is 4.33. The highest BCUT2D eigenvalue weighted by atomic mass is 16.5. The van der Waals surface area contributed by atoms with Gasteiger partial charge in [0.05, 0.1) is 13.5 Å². The van der Waals surface area contributed by atoms with Gasteiger partial charge >= 0.3 is 18.0 Å². The first kappa shape index (κ1) is 13.3. The van der Waals surface area contributed by atoms with Crippen LogP contribution in [0.4, 0.5) is 4.79 Å². The second-order valence-corrected chi connectivity index (χ2v) is 4.33. The van der Waals surface area contributed by atoms with Gasteiger partial charge < -0.3 is 20.5 Å². The summed E-state index contributed by atoms with van der Waals surface area (Å²) in [5.41, 5.74) is -0.238. The quantitative estimate of drug-likeness (QED) is 0.583. The molecule has 0 bridgehead atoms. The van der Waals surface area contributed by atoms with Gasteiger partial charge in [-0.25, -0.2) is 9.59 Å². The Morgan fingerprint density at radius 3 is 2.41 bits per heavy atom. The van der Waals surface area contributed by atoms with Crippen LogP contribution in [0.15, 0.2) is 0 Å². The Labute approximate surface area is 98.5 Å². The summed E-state index contributed by atoms with van der Waals surface area (Å²) in [6.45, 7) is 1.86. The van der Waals surface area contributed by atoms with Crippen LogP contribution in [0.25, 0.3) is 0 Å². The topological polar surface area (TPSA) is 105 Å². The number of carboxylic acid groups (broad SMARTS) is 1. The van der Waals surface area contributed by atoms with Crippen molar-refractivity contribution in [2.24, 2.45) is 0 Å². The van der Waals surface area contributed by atoms with E-state index in [0.717, 1.165) is 20.0 Å². The molecule has 0 heterocycles. The van der Waals surface area contributed by atoms with Crippen molar-refractivity contribution >= 4 is 18.0 Å². The van der Waals surface area contributed by atoms with Crippen molar-refractivity contribution in [1.82, 2.24) is 10.6 Å². The Kier molecular flexibility index (Phi) is 3.93. The van der Waals surface area contributed by atoms with Crippen molar-refractivity contribution in [3.05, 3.63) is 0 Å². The fourth-order valence-electron chi connectivity index (χ4n) is 1.23. The van der Waals surface area contributed by atoms with Gasteiger partial charge in [0.2, 0.25) is 0 Å². The van der Waals surface area contributed by atoms with Gasteiger partial charge in [-0.05, 0) is 19.8 Å². The van der Waals surface area contributed by atoms with Crippen molar-refractivity contribution < 1.29 is 24.2 Å². The molecular formula is C10H16N2O5. The molecule has 7 heteroatoms. The number of hydrogen-bond donors (Lipinski definition) is 3. The van der Waals surface area contributed by atoms with Gasteiger partial charge in [0, 0.05) is 5.54 Å². The summed E-state index contributed by atoms with van der Waals surface area (Å²) in [5.74, 6) is -1.96. The summed E-state index contributed by atoms with van der Waals surface area (Å²) in [7, 11) is 1.16. The predicted molar refractivity (Wildman–Crippen MR) is 57.4 cm³/mol. The van der Waals surface area contributed by atoms with Crippen LogP contribution in [0.3, 0.4) is 0 Å². The molecule has 1 fully saturated rings. The number of aliphatic carboxylic acids is 1. The zero-order chi connectivity index (χ0) is 13.1. The summed E-state index contributed by atoms with van der Waals surface area (Å²) in [5, 5.41) is 13.7. The minimum atomic E-state index is -1.27. The van der Waals surface area contributed by atoms with E-state index in [9.17, 15) is 14.4 Å². The second kappa shape index (κ2) is 5.03. The van der Waals surface area contributed by atoms with E-state index in [0.29, 0.717) is 0 Å². The predicted octanol–water partition coefficient (Wildman–Crippen LogP) is -0.146. The summed E-state index contributed by atoms with van der Waals surface area (Å²) >= 11 is 0. The van der Waals surface area contributed by atoms with Gasteiger partial charge in [-0.1, -0.05) is 0 Å². The number of nitrogens with one attached hydrogen (secondary N) is 2. The monoisotopic (exact) mass is 244 g/mol. The molecule has 0 radical (unpaired) electrons. The molecule has 0 aromatic heterocycles. The minimum absolute atomic E-state index is 0.238. The molecule has 1 saturated carbocycles. The minimum Gasteiger partial charge on any atom is -0.480 e. The zero-order valence-corrected chi connectivity index (χ0v) is 9.78. The smallest absolute Gasteiger partial charge is 0.326 e. The lowest BCUT2D eigenvalue weighted by Gasteiger charge is -2.16. The maximum absolute atomic E-state index is 11.4. The Morgan fingerprint density at radius 2 is 2.00 bits per heavy atom. The van der Waals surface area contributed by atoms with Gasteiger partial charge in [-0.15, -0.1) is 0 Å². The number of esters is 1. The van der Waals surface area contributed by atoms with E-state index in [1.165, 1.54) is 0 Å². The van der Waals surface area contributed by atoms with Gasteiger partial charge in [0.25, 0.3) is 0 Å². The summed E-state index contributed by atoms with van der Waals surface area (Å²) in [6.07, 6.45) is 1.35. The van der Waals surface area contributed by atoms with Crippen LogP contribution in [0.5, 0.6) is 0 Å². The molecule has 0 aromatic rings. The molecule has 1 aliphatic carbocycles. The van der Waals surface area contributed by atoms with Crippen LogP contribution in [-0.2, 0) is 14.3 Å². The van der Waals surface area contributed by atoms with E-state index in [2.05, 4.69) is 15.4 Å². The molecule has 1 aliphatic rings. The number of amides is 2. The van der Waals surface area contributed by atoms with E-state index in [1.54, 1.807) is 0 Å². The summed E-state index contributed by atoms with van der Waals surface area (Å²) < 4.78 is 4.35. The summed E-state index contributed by atoms with van der Waals surface area (Å²) in [6, 6.07) is -1.86. The Balaban J connectivity index is 2.45. The fourth-order valence-corrected chi connectivity index (χ4v) is 1.23. The maximum Gasteiger partial charge on any atom is 0.326 e. The van der Waals surface area contributed by atoms with Crippen LogP contribution in [0.2, 0.25) is 0 Å². The van der Waals surface area contributed by atoms with Gasteiger partial charge in [-0.2, -0.15) is 0 Å². The molecule has 2 amide bonds. The van der Waals surface area contributed by atoms with Crippen LogP contribution < -0.4 is 10.6 Å². The van der Waals surface area contributed by atoms with Crippen LogP contribution in [0.1, 0.15) is 26.2 Å². The number of carbonyl (C=O) groups is 3. The van der Waals surface area contributed by atoms with E-state index in [1.807, 2.05) is 6.92 Å². The molecule has 1 atom stereocenters. The van der Waals surface area contributed by atoms with Crippen LogP contribution >= 0.6 is 0 Å².